The molecular weight excluding hydrogens is 266 g/mol. The lowest BCUT2D eigenvalue weighted by Gasteiger charge is -2.15. The van der Waals surface area contributed by atoms with Crippen molar-refractivity contribution < 1.29 is 4.79 Å². The van der Waals surface area contributed by atoms with E-state index < -0.39 is 0 Å². The largest absolute Gasteiger partial charge is 0.350 e. The summed E-state index contributed by atoms with van der Waals surface area (Å²) in [7, 11) is 0. The van der Waals surface area contributed by atoms with Crippen LogP contribution in [0.1, 0.15) is 37.6 Å². The Labute approximate surface area is 106 Å². The molecule has 0 bridgehead atoms. The van der Waals surface area contributed by atoms with E-state index >= 15 is 0 Å². The van der Waals surface area contributed by atoms with Crippen molar-refractivity contribution >= 4 is 21.8 Å². The van der Waals surface area contributed by atoms with Gasteiger partial charge in [0.15, 0.2) is 0 Å². The van der Waals surface area contributed by atoms with E-state index in [9.17, 15) is 4.79 Å². The zero-order chi connectivity index (χ0) is 12.1. The number of halogens is 1. The van der Waals surface area contributed by atoms with Gasteiger partial charge in [0.1, 0.15) is 0 Å². The van der Waals surface area contributed by atoms with E-state index in [0.717, 1.165) is 10.9 Å². The van der Waals surface area contributed by atoms with Crippen LogP contribution in [0.4, 0.5) is 0 Å². The number of amides is 1. The fourth-order valence-electron chi connectivity index (χ4n) is 1.70. The van der Waals surface area contributed by atoms with Crippen molar-refractivity contribution in [3.63, 3.8) is 0 Å². The van der Waals surface area contributed by atoms with Crippen molar-refractivity contribution in [2.45, 2.75) is 33.2 Å². The van der Waals surface area contributed by atoms with Crippen molar-refractivity contribution in [2.75, 3.05) is 0 Å². The molecule has 1 rings (SSSR count). The van der Waals surface area contributed by atoms with Crippen molar-refractivity contribution in [1.82, 2.24) is 5.32 Å². The van der Waals surface area contributed by atoms with Gasteiger partial charge in [-0.15, -0.1) is 0 Å². The zero-order valence-corrected chi connectivity index (χ0v) is 11.5. The van der Waals surface area contributed by atoms with Gasteiger partial charge in [-0.1, -0.05) is 35.8 Å². The van der Waals surface area contributed by atoms with Gasteiger partial charge >= 0.3 is 0 Å². The quantitative estimate of drug-likeness (QED) is 0.899. The van der Waals surface area contributed by atoms with Crippen LogP contribution in [-0.4, -0.2) is 11.9 Å². The first-order valence-electron chi connectivity index (χ1n) is 5.55. The molecule has 3 heteroatoms. The minimum absolute atomic E-state index is 0.00514. The van der Waals surface area contributed by atoms with E-state index in [4.69, 9.17) is 0 Å². The van der Waals surface area contributed by atoms with Crippen molar-refractivity contribution in [3.8, 4) is 0 Å². The molecule has 0 heterocycles. The number of nitrogens with one attached hydrogen (secondary N) is 1. The van der Waals surface area contributed by atoms with E-state index in [-0.39, 0.29) is 11.9 Å². The Morgan fingerprint density at radius 1 is 1.38 bits per heavy atom. The lowest BCUT2D eigenvalue weighted by Crippen LogP contribution is -2.33. The topological polar surface area (TPSA) is 29.1 Å². The Balaban J connectivity index is 2.59. The average molecular weight is 284 g/mol. The zero-order valence-electron chi connectivity index (χ0n) is 9.96. The predicted molar refractivity (Wildman–Crippen MR) is 70.5 cm³/mol. The standard InChI is InChI=1S/C13H18BrNO/c1-9(2)7-10(3)15-13(16)11-5-4-6-12(14)8-11/h4-6,8-10H,7H2,1-3H3,(H,15,16)/t10-/m0/s1. The summed E-state index contributed by atoms with van der Waals surface area (Å²) in [5.74, 6) is 0.590. The van der Waals surface area contributed by atoms with E-state index in [0.29, 0.717) is 11.5 Å². The van der Waals surface area contributed by atoms with Crippen LogP contribution in [0.3, 0.4) is 0 Å². The Kier molecular flexibility index (Phi) is 5.00. The molecule has 0 spiro atoms. The molecule has 1 atom stereocenters. The maximum Gasteiger partial charge on any atom is 0.251 e. The third-order valence-electron chi connectivity index (χ3n) is 2.29. The van der Waals surface area contributed by atoms with E-state index in [2.05, 4.69) is 35.1 Å². The lowest BCUT2D eigenvalue weighted by atomic mass is 10.0. The van der Waals surface area contributed by atoms with Gasteiger partial charge in [-0.05, 0) is 37.5 Å². The molecule has 88 valence electrons. The normalized spacial score (nSPS) is 12.6. The Morgan fingerprint density at radius 2 is 2.06 bits per heavy atom. The molecule has 0 fully saturated rings. The SMILES string of the molecule is CC(C)C[C@H](C)NC(=O)c1cccc(Br)c1. The highest BCUT2D eigenvalue weighted by molar-refractivity contribution is 9.10. The van der Waals surface area contributed by atoms with E-state index in [1.807, 2.05) is 31.2 Å². The van der Waals surface area contributed by atoms with Gasteiger partial charge < -0.3 is 5.32 Å². The molecule has 1 aromatic carbocycles. The van der Waals surface area contributed by atoms with Crippen molar-refractivity contribution in [2.24, 2.45) is 5.92 Å². The molecule has 0 aliphatic carbocycles. The minimum atomic E-state index is -0.00514. The summed E-state index contributed by atoms with van der Waals surface area (Å²) >= 11 is 3.36. The molecule has 2 nitrogen and oxygen atoms in total. The first kappa shape index (κ1) is 13.2. The number of carbonyl (C=O) groups excluding carboxylic acids is 1. The Morgan fingerprint density at radius 3 is 2.62 bits per heavy atom. The fraction of sp³-hybridized carbons (Fsp3) is 0.462. The summed E-state index contributed by atoms with van der Waals surface area (Å²) in [6.45, 7) is 6.35. The summed E-state index contributed by atoms with van der Waals surface area (Å²) in [6.07, 6.45) is 1.000. The second-order valence-electron chi connectivity index (χ2n) is 4.51. The Hall–Kier alpha value is -0.830. The monoisotopic (exact) mass is 283 g/mol. The molecule has 1 aromatic rings. The molecule has 0 aliphatic rings. The number of benzene rings is 1. The summed E-state index contributed by atoms with van der Waals surface area (Å²) in [4.78, 5) is 11.9. The summed E-state index contributed by atoms with van der Waals surface area (Å²) < 4.78 is 0.927. The van der Waals surface area contributed by atoms with Crippen LogP contribution in [0.15, 0.2) is 28.7 Å². The maximum atomic E-state index is 11.9. The van der Waals surface area contributed by atoms with Crippen LogP contribution in [0.25, 0.3) is 0 Å². The van der Waals surface area contributed by atoms with Gasteiger partial charge in [0, 0.05) is 16.1 Å². The van der Waals surface area contributed by atoms with Crippen LogP contribution >= 0.6 is 15.9 Å². The van der Waals surface area contributed by atoms with Gasteiger partial charge in [0.2, 0.25) is 0 Å². The maximum absolute atomic E-state index is 11.9. The molecule has 1 N–H and O–H groups in total. The molecule has 0 radical (unpaired) electrons. The van der Waals surface area contributed by atoms with E-state index in [1.165, 1.54) is 0 Å². The number of hydrogen-bond acceptors (Lipinski definition) is 1. The molecule has 0 saturated heterocycles. The molecular formula is C13H18BrNO. The second-order valence-corrected chi connectivity index (χ2v) is 5.43. The number of hydrogen-bond donors (Lipinski definition) is 1. The van der Waals surface area contributed by atoms with Gasteiger partial charge in [-0.3, -0.25) is 4.79 Å². The average Bonchev–Trinajstić information content (AvgIpc) is 2.16. The van der Waals surface area contributed by atoms with Gasteiger partial charge in [-0.2, -0.15) is 0 Å². The van der Waals surface area contributed by atoms with Crippen LogP contribution in [0, 0.1) is 5.92 Å². The van der Waals surface area contributed by atoms with Gasteiger partial charge in [0.25, 0.3) is 5.91 Å². The van der Waals surface area contributed by atoms with Crippen molar-refractivity contribution in [3.05, 3.63) is 34.3 Å². The fourth-order valence-corrected chi connectivity index (χ4v) is 2.10. The Bertz CT molecular complexity index is 363. The molecule has 0 unspecified atom stereocenters. The molecule has 0 aliphatic heterocycles. The van der Waals surface area contributed by atoms with Gasteiger partial charge in [0.05, 0.1) is 0 Å². The third-order valence-corrected chi connectivity index (χ3v) is 2.78. The third kappa shape index (κ3) is 4.35. The predicted octanol–water partition coefficient (Wildman–Crippen LogP) is 3.61. The minimum Gasteiger partial charge on any atom is -0.350 e. The van der Waals surface area contributed by atoms with Crippen LogP contribution in [0.5, 0.6) is 0 Å². The summed E-state index contributed by atoms with van der Waals surface area (Å²) in [5, 5.41) is 2.99. The number of rotatable bonds is 4. The first-order chi connectivity index (χ1) is 7.49. The highest BCUT2D eigenvalue weighted by Gasteiger charge is 2.10. The highest BCUT2D eigenvalue weighted by Crippen LogP contribution is 2.12. The first-order valence-corrected chi connectivity index (χ1v) is 6.34. The van der Waals surface area contributed by atoms with Crippen LogP contribution in [0.2, 0.25) is 0 Å². The second kappa shape index (κ2) is 6.04. The van der Waals surface area contributed by atoms with Crippen molar-refractivity contribution in [1.29, 1.82) is 0 Å². The van der Waals surface area contributed by atoms with Gasteiger partial charge in [-0.25, -0.2) is 0 Å². The summed E-state index contributed by atoms with van der Waals surface area (Å²) in [5.41, 5.74) is 0.699. The molecule has 0 saturated carbocycles. The molecule has 1 amide bonds. The van der Waals surface area contributed by atoms with E-state index in [1.54, 1.807) is 0 Å². The highest BCUT2D eigenvalue weighted by atomic mass is 79.9. The van der Waals surface area contributed by atoms with Crippen LogP contribution < -0.4 is 5.32 Å². The molecule has 16 heavy (non-hydrogen) atoms. The molecule has 0 aromatic heterocycles. The summed E-state index contributed by atoms with van der Waals surface area (Å²) in [6, 6.07) is 7.64. The lowest BCUT2D eigenvalue weighted by molar-refractivity contribution is 0.0936. The van der Waals surface area contributed by atoms with Crippen LogP contribution in [-0.2, 0) is 0 Å². The smallest absolute Gasteiger partial charge is 0.251 e. The number of carbonyl (C=O) groups is 1.